The first-order chi connectivity index (χ1) is 14.0. The number of amides is 1. The second-order valence-electron chi connectivity index (χ2n) is 7.78. The molecule has 0 unspecified atom stereocenters. The Kier molecular flexibility index (Phi) is 5.67. The van der Waals surface area contributed by atoms with Crippen LogP contribution >= 0.6 is 11.6 Å². The number of aryl methyl sites for hydroxylation is 2. The normalized spacial score (nSPS) is 14.7. The van der Waals surface area contributed by atoms with Gasteiger partial charge in [-0.2, -0.15) is 0 Å². The quantitative estimate of drug-likeness (QED) is 0.639. The fourth-order valence-corrected chi connectivity index (χ4v) is 4.03. The SMILES string of the molecule is Cc1ccc(C)c(-n2nc(C(=O)NC3CCCCC3)nc2-c2cccc(Cl)c2)c1. The van der Waals surface area contributed by atoms with Gasteiger partial charge in [-0.15, -0.1) is 5.10 Å². The average molecular weight is 409 g/mol. The van der Waals surface area contributed by atoms with Crippen molar-refractivity contribution in [3.05, 3.63) is 64.4 Å². The van der Waals surface area contributed by atoms with E-state index in [1.807, 2.05) is 38.1 Å². The van der Waals surface area contributed by atoms with Gasteiger partial charge in [0, 0.05) is 16.6 Å². The molecule has 150 valence electrons. The van der Waals surface area contributed by atoms with Crippen molar-refractivity contribution in [2.75, 3.05) is 0 Å². The molecular formula is C23H25ClN4O. The summed E-state index contributed by atoms with van der Waals surface area (Å²) in [5, 5.41) is 8.33. The van der Waals surface area contributed by atoms with Crippen LogP contribution in [0.15, 0.2) is 42.5 Å². The van der Waals surface area contributed by atoms with Crippen molar-refractivity contribution in [1.82, 2.24) is 20.1 Å². The van der Waals surface area contributed by atoms with Crippen LogP contribution in [-0.4, -0.2) is 26.7 Å². The summed E-state index contributed by atoms with van der Waals surface area (Å²) < 4.78 is 1.75. The van der Waals surface area contributed by atoms with E-state index in [4.69, 9.17) is 11.6 Å². The summed E-state index contributed by atoms with van der Waals surface area (Å²) in [5.41, 5.74) is 3.90. The van der Waals surface area contributed by atoms with E-state index in [1.54, 1.807) is 4.68 Å². The number of carbonyl (C=O) groups is 1. The Balaban J connectivity index is 1.76. The van der Waals surface area contributed by atoms with Gasteiger partial charge in [0.2, 0.25) is 5.82 Å². The lowest BCUT2D eigenvalue weighted by Gasteiger charge is -2.21. The van der Waals surface area contributed by atoms with Crippen LogP contribution in [0.5, 0.6) is 0 Å². The molecular weight excluding hydrogens is 384 g/mol. The Bertz CT molecular complexity index is 1040. The Morgan fingerprint density at radius 2 is 1.90 bits per heavy atom. The van der Waals surface area contributed by atoms with Gasteiger partial charge in [-0.1, -0.05) is 55.1 Å². The molecule has 1 aromatic heterocycles. The third-order valence-electron chi connectivity index (χ3n) is 5.43. The molecule has 1 fully saturated rings. The second-order valence-corrected chi connectivity index (χ2v) is 8.22. The van der Waals surface area contributed by atoms with E-state index >= 15 is 0 Å². The van der Waals surface area contributed by atoms with Crippen LogP contribution in [-0.2, 0) is 0 Å². The molecule has 0 spiro atoms. The van der Waals surface area contributed by atoms with Gasteiger partial charge in [0.05, 0.1) is 5.69 Å². The van der Waals surface area contributed by atoms with E-state index in [2.05, 4.69) is 33.6 Å². The summed E-state index contributed by atoms with van der Waals surface area (Å²) in [6.45, 7) is 4.07. The number of nitrogens with one attached hydrogen (secondary N) is 1. The van der Waals surface area contributed by atoms with Crippen molar-refractivity contribution in [1.29, 1.82) is 0 Å². The molecule has 1 N–H and O–H groups in total. The lowest BCUT2D eigenvalue weighted by atomic mass is 9.95. The highest BCUT2D eigenvalue weighted by Gasteiger charge is 2.23. The lowest BCUT2D eigenvalue weighted by molar-refractivity contribution is 0.0917. The number of nitrogens with zero attached hydrogens (tertiary/aromatic N) is 3. The van der Waals surface area contributed by atoms with Gasteiger partial charge in [0.25, 0.3) is 5.91 Å². The molecule has 3 aromatic rings. The van der Waals surface area contributed by atoms with Crippen molar-refractivity contribution in [2.24, 2.45) is 0 Å². The number of halogens is 1. The van der Waals surface area contributed by atoms with Crippen molar-refractivity contribution in [3.8, 4) is 17.1 Å². The Labute approximate surface area is 176 Å². The van der Waals surface area contributed by atoms with Crippen molar-refractivity contribution >= 4 is 17.5 Å². The zero-order valence-electron chi connectivity index (χ0n) is 16.8. The highest BCUT2D eigenvalue weighted by Crippen LogP contribution is 2.26. The summed E-state index contributed by atoms with van der Waals surface area (Å²) in [5.74, 6) is 0.575. The van der Waals surface area contributed by atoms with Gasteiger partial charge in [-0.3, -0.25) is 4.79 Å². The molecule has 1 aliphatic rings. The van der Waals surface area contributed by atoms with Crippen LogP contribution in [0.4, 0.5) is 0 Å². The largest absolute Gasteiger partial charge is 0.347 e. The molecule has 0 aliphatic heterocycles. The predicted octanol–water partition coefficient (Wildman–Crippen LogP) is 5.27. The number of hydrogen-bond donors (Lipinski definition) is 1. The molecule has 6 heteroatoms. The monoisotopic (exact) mass is 408 g/mol. The summed E-state index contributed by atoms with van der Waals surface area (Å²) in [7, 11) is 0. The van der Waals surface area contributed by atoms with Crippen molar-refractivity contribution in [2.45, 2.75) is 52.0 Å². The molecule has 1 aliphatic carbocycles. The number of rotatable bonds is 4. The Morgan fingerprint density at radius 3 is 2.66 bits per heavy atom. The van der Waals surface area contributed by atoms with Crippen molar-refractivity contribution < 1.29 is 4.79 Å². The second kappa shape index (κ2) is 8.37. The third kappa shape index (κ3) is 4.35. The predicted molar refractivity (Wildman–Crippen MR) is 116 cm³/mol. The Morgan fingerprint density at radius 1 is 1.10 bits per heavy atom. The van der Waals surface area contributed by atoms with Crippen molar-refractivity contribution in [3.63, 3.8) is 0 Å². The summed E-state index contributed by atoms with van der Waals surface area (Å²) in [6.07, 6.45) is 5.59. The summed E-state index contributed by atoms with van der Waals surface area (Å²) in [4.78, 5) is 17.5. The summed E-state index contributed by atoms with van der Waals surface area (Å²) >= 11 is 6.21. The van der Waals surface area contributed by atoms with E-state index in [9.17, 15) is 4.79 Å². The lowest BCUT2D eigenvalue weighted by Crippen LogP contribution is -2.36. The molecule has 0 atom stereocenters. The zero-order valence-corrected chi connectivity index (χ0v) is 17.5. The van der Waals surface area contributed by atoms with Crippen LogP contribution in [0.3, 0.4) is 0 Å². The number of benzene rings is 2. The molecule has 0 saturated heterocycles. The maximum Gasteiger partial charge on any atom is 0.291 e. The number of aromatic nitrogens is 3. The minimum Gasteiger partial charge on any atom is -0.347 e. The van der Waals surface area contributed by atoms with Gasteiger partial charge in [-0.05, 0) is 56.0 Å². The fourth-order valence-electron chi connectivity index (χ4n) is 3.84. The van der Waals surface area contributed by atoms with Crippen LogP contribution in [0.1, 0.15) is 53.8 Å². The molecule has 0 bridgehead atoms. The molecule has 5 nitrogen and oxygen atoms in total. The number of carbonyl (C=O) groups excluding carboxylic acids is 1. The molecule has 1 amide bonds. The summed E-state index contributed by atoms with van der Waals surface area (Å²) in [6, 6.07) is 13.8. The highest BCUT2D eigenvalue weighted by atomic mass is 35.5. The molecule has 29 heavy (non-hydrogen) atoms. The van der Waals surface area contributed by atoms with E-state index in [0.29, 0.717) is 10.8 Å². The molecule has 0 radical (unpaired) electrons. The van der Waals surface area contributed by atoms with Crippen LogP contribution in [0.25, 0.3) is 17.1 Å². The molecule has 2 aromatic carbocycles. The van der Waals surface area contributed by atoms with Gasteiger partial charge < -0.3 is 5.32 Å². The van der Waals surface area contributed by atoms with Crippen LogP contribution < -0.4 is 5.32 Å². The first-order valence-corrected chi connectivity index (χ1v) is 10.5. The van der Waals surface area contributed by atoms with Crippen LogP contribution in [0.2, 0.25) is 5.02 Å². The topological polar surface area (TPSA) is 59.8 Å². The van der Waals surface area contributed by atoms with E-state index in [0.717, 1.165) is 48.1 Å². The van der Waals surface area contributed by atoms with Gasteiger partial charge in [0.15, 0.2) is 5.82 Å². The molecule has 1 heterocycles. The maximum atomic E-state index is 12.9. The molecule has 4 rings (SSSR count). The first-order valence-electron chi connectivity index (χ1n) is 10.1. The van der Waals surface area contributed by atoms with E-state index < -0.39 is 0 Å². The van der Waals surface area contributed by atoms with E-state index in [1.165, 1.54) is 6.42 Å². The van der Waals surface area contributed by atoms with Gasteiger partial charge in [-0.25, -0.2) is 9.67 Å². The molecule has 1 saturated carbocycles. The Hall–Kier alpha value is -2.66. The van der Waals surface area contributed by atoms with Gasteiger partial charge in [0.1, 0.15) is 0 Å². The van der Waals surface area contributed by atoms with Gasteiger partial charge >= 0.3 is 0 Å². The fraction of sp³-hybridized carbons (Fsp3) is 0.348. The highest BCUT2D eigenvalue weighted by molar-refractivity contribution is 6.30. The number of hydrogen-bond acceptors (Lipinski definition) is 3. The average Bonchev–Trinajstić information content (AvgIpc) is 3.16. The minimum atomic E-state index is -0.218. The van der Waals surface area contributed by atoms with E-state index in [-0.39, 0.29) is 17.8 Å². The smallest absolute Gasteiger partial charge is 0.291 e. The first kappa shape index (κ1) is 19.6. The minimum absolute atomic E-state index is 0.187. The zero-order chi connectivity index (χ0) is 20.4. The third-order valence-corrected chi connectivity index (χ3v) is 5.66. The standard InChI is InChI=1S/C23H25ClN4O/c1-15-11-12-16(2)20(13-15)28-22(17-7-6-8-18(24)14-17)26-21(27-28)23(29)25-19-9-4-3-5-10-19/h6-8,11-14,19H,3-5,9-10H2,1-2H3,(H,25,29). The van der Waals surface area contributed by atoms with Crippen LogP contribution in [0, 0.1) is 13.8 Å². The maximum absolute atomic E-state index is 12.9.